The van der Waals surface area contributed by atoms with Crippen LogP contribution in [0.2, 0.25) is 0 Å². The number of hydrogen-bond donors (Lipinski definition) is 1. The molecular formula is C29H34N4O. The molecule has 176 valence electrons. The molecule has 3 aromatic rings. The summed E-state index contributed by atoms with van der Waals surface area (Å²) in [4.78, 5) is 17.7. The standard InChI is InChI=1S/C29H34N4O/c1-2-22-8-10-23(11-9-22)28(34)32-19-14-29(15-20-32)27-7-6-18-33(27)26-13-12-24(21-25(26)30-29)31-16-4-3-5-17-31/h6-13,18,21,30H,2-5,14-17,19-20H2,1H3. The summed E-state index contributed by atoms with van der Waals surface area (Å²) < 4.78 is 2.35. The third kappa shape index (κ3) is 3.58. The van der Waals surface area contributed by atoms with Crippen LogP contribution in [-0.2, 0) is 12.0 Å². The van der Waals surface area contributed by atoms with Gasteiger partial charge in [0.25, 0.3) is 5.91 Å². The normalized spacial score (nSPS) is 18.9. The zero-order valence-corrected chi connectivity index (χ0v) is 20.1. The number of aromatic nitrogens is 1. The number of piperidine rings is 2. The highest BCUT2D eigenvalue weighted by Crippen LogP contribution is 2.44. The number of aryl methyl sites for hydroxylation is 1. The summed E-state index contributed by atoms with van der Waals surface area (Å²) in [5, 5.41) is 3.96. The van der Waals surface area contributed by atoms with Crippen LogP contribution in [0.1, 0.15) is 60.6 Å². The zero-order valence-electron chi connectivity index (χ0n) is 20.1. The predicted octanol–water partition coefficient (Wildman–Crippen LogP) is 5.59. The Labute approximate surface area is 202 Å². The Morgan fingerprint density at radius 3 is 2.44 bits per heavy atom. The van der Waals surface area contributed by atoms with Gasteiger partial charge in [0.1, 0.15) is 0 Å². The van der Waals surface area contributed by atoms with Crippen molar-refractivity contribution in [3.05, 3.63) is 77.6 Å². The minimum Gasteiger partial charge on any atom is -0.372 e. The van der Waals surface area contributed by atoms with Crippen molar-refractivity contribution < 1.29 is 4.79 Å². The van der Waals surface area contributed by atoms with E-state index in [0.29, 0.717) is 0 Å². The summed E-state index contributed by atoms with van der Waals surface area (Å²) in [7, 11) is 0. The van der Waals surface area contributed by atoms with Gasteiger partial charge in [-0.2, -0.15) is 0 Å². The van der Waals surface area contributed by atoms with Crippen LogP contribution in [0.5, 0.6) is 0 Å². The van der Waals surface area contributed by atoms with Crippen LogP contribution < -0.4 is 10.2 Å². The molecular weight excluding hydrogens is 420 g/mol. The highest BCUT2D eigenvalue weighted by molar-refractivity contribution is 5.94. The number of anilines is 2. The number of fused-ring (bicyclic) bond motifs is 4. The van der Waals surface area contributed by atoms with E-state index >= 15 is 0 Å². The molecule has 5 nitrogen and oxygen atoms in total. The molecule has 0 aliphatic carbocycles. The second kappa shape index (κ2) is 8.53. The van der Waals surface area contributed by atoms with Crippen LogP contribution in [0.25, 0.3) is 5.69 Å². The highest BCUT2D eigenvalue weighted by atomic mass is 16.2. The Balaban J connectivity index is 1.24. The van der Waals surface area contributed by atoms with E-state index in [2.05, 4.69) is 70.4 Å². The Bertz CT molecular complexity index is 1180. The first-order valence-corrected chi connectivity index (χ1v) is 12.9. The van der Waals surface area contributed by atoms with E-state index in [4.69, 9.17) is 0 Å². The molecule has 0 radical (unpaired) electrons. The van der Waals surface area contributed by atoms with Crippen LogP contribution in [-0.4, -0.2) is 41.6 Å². The SMILES string of the molecule is CCc1ccc(C(=O)N2CCC3(CC2)Nc2cc(N4CCCCC4)ccc2-n2cccc23)cc1. The van der Waals surface area contributed by atoms with Crippen LogP contribution in [0, 0.1) is 0 Å². The molecule has 1 amide bonds. The summed E-state index contributed by atoms with van der Waals surface area (Å²) in [6.45, 7) is 5.95. The number of amides is 1. The monoisotopic (exact) mass is 454 g/mol. The van der Waals surface area contributed by atoms with E-state index in [-0.39, 0.29) is 11.4 Å². The van der Waals surface area contributed by atoms with Crippen molar-refractivity contribution in [2.45, 2.75) is 51.0 Å². The van der Waals surface area contributed by atoms with Crippen LogP contribution in [0.4, 0.5) is 11.4 Å². The number of carbonyl (C=O) groups is 1. The number of benzene rings is 2. The predicted molar refractivity (Wildman–Crippen MR) is 138 cm³/mol. The molecule has 34 heavy (non-hydrogen) atoms. The van der Waals surface area contributed by atoms with Crippen molar-refractivity contribution in [1.29, 1.82) is 0 Å². The van der Waals surface area contributed by atoms with Gasteiger partial charge in [0, 0.05) is 49.3 Å². The first-order valence-electron chi connectivity index (χ1n) is 12.9. The molecule has 4 heterocycles. The van der Waals surface area contributed by atoms with Gasteiger partial charge in [0.05, 0.1) is 16.9 Å². The van der Waals surface area contributed by atoms with Gasteiger partial charge in [0.2, 0.25) is 0 Å². The van der Waals surface area contributed by atoms with Crippen LogP contribution >= 0.6 is 0 Å². The highest BCUT2D eigenvalue weighted by Gasteiger charge is 2.42. The van der Waals surface area contributed by atoms with Gasteiger partial charge in [-0.3, -0.25) is 4.79 Å². The second-order valence-electron chi connectivity index (χ2n) is 10.1. The van der Waals surface area contributed by atoms with Gasteiger partial charge in [-0.1, -0.05) is 19.1 Å². The van der Waals surface area contributed by atoms with Crippen LogP contribution in [0.3, 0.4) is 0 Å². The number of carbonyl (C=O) groups excluding carboxylic acids is 1. The van der Waals surface area contributed by atoms with Crippen LogP contribution in [0.15, 0.2) is 60.8 Å². The average molecular weight is 455 g/mol. The van der Waals surface area contributed by atoms with E-state index in [9.17, 15) is 4.79 Å². The topological polar surface area (TPSA) is 40.5 Å². The van der Waals surface area contributed by atoms with Gasteiger partial charge >= 0.3 is 0 Å². The number of nitrogens with zero attached hydrogens (tertiary/aromatic N) is 3. The molecule has 6 rings (SSSR count). The quantitative estimate of drug-likeness (QED) is 0.561. The fourth-order valence-corrected chi connectivity index (χ4v) is 6.02. The van der Waals surface area contributed by atoms with E-state index < -0.39 is 0 Å². The molecule has 3 aliphatic rings. The maximum atomic E-state index is 13.2. The van der Waals surface area contributed by atoms with Crippen molar-refractivity contribution >= 4 is 17.3 Å². The van der Waals surface area contributed by atoms with Gasteiger partial charge in [-0.15, -0.1) is 0 Å². The first kappa shape index (κ1) is 21.3. The first-order chi connectivity index (χ1) is 16.7. The summed E-state index contributed by atoms with van der Waals surface area (Å²) in [6, 6.07) is 19.4. The molecule has 2 fully saturated rings. The lowest BCUT2D eigenvalue weighted by atomic mass is 9.82. The molecule has 1 N–H and O–H groups in total. The lowest BCUT2D eigenvalue weighted by Gasteiger charge is -2.46. The lowest BCUT2D eigenvalue weighted by molar-refractivity contribution is 0.0676. The third-order valence-electron chi connectivity index (χ3n) is 8.09. The Morgan fingerprint density at radius 2 is 1.71 bits per heavy atom. The summed E-state index contributed by atoms with van der Waals surface area (Å²) in [5.74, 6) is 0.150. The molecule has 3 aliphatic heterocycles. The summed E-state index contributed by atoms with van der Waals surface area (Å²) >= 11 is 0. The van der Waals surface area contributed by atoms with Gasteiger partial charge < -0.3 is 19.7 Å². The number of likely N-dealkylation sites (tertiary alicyclic amines) is 1. The van der Waals surface area contributed by atoms with E-state index in [1.165, 1.54) is 47.6 Å². The fraction of sp³-hybridized carbons (Fsp3) is 0.414. The number of rotatable bonds is 3. The smallest absolute Gasteiger partial charge is 0.253 e. The van der Waals surface area contributed by atoms with Crippen molar-refractivity contribution in [1.82, 2.24) is 9.47 Å². The Hall–Kier alpha value is -3.21. The minimum absolute atomic E-state index is 0.139. The molecule has 0 unspecified atom stereocenters. The Kier molecular flexibility index (Phi) is 5.35. The molecule has 2 aromatic carbocycles. The second-order valence-corrected chi connectivity index (χ2v) is 10.1. The average Bonchev–Trinajstić information content (AvgIpc) is 3.41. The zero-order chi connectivity index (χ0) is 23.1. The van der Waals surface area contributed by atoms with Crippen molar-refractivity contribution in [3.8, 4) is 5.69 Å². The molecule has 0 bridgehead atoms. The number of nitrogens with one attached hydrogen (secondary N) is 1. The van der Waals surface area contributed by atoms with Gasteiger partial charge in [-0.05, 0) is 86.6 Å². The molecule has 2 saturated heterocycles. The maximum absolute atomic E-state index is 13.2. The van der Waals surface area contributed by atoms with E-state index in [1.54, 1.807) is 0 Å². The summed E-state index contributed by atoms with van der Waals surface area (Å²) in [5.41, 5.74) is 6.99. The summed E-state index contributed by atoms with van der Waals surface area (Å²) in [6.07, 6.45) is 8.89. The third-order valence-corrected chi connectivity index (χ3v) is 8.09. The largest absolute Gasteiger partial charge is 0.372 e. The van der Waals surface area contributed by atoms with Gasteiger partial charge in [-0.25, -0.2) is 0 Å². The molecule has 0 atom stereocenters. The molecule has 0 saturated carbocycles. The molecule has 1 spiro atoms. The lowest BCUT2D eigenvalue weighted by Crippen LogP contribution is -2.51. The number of hydrogen-bond acceptors (Lipinski definition) is 3. The molecule has 1 aromatic heterocycles. The van der Waals surface area contributed by atoms with E-state index in [0.717, 1.165) is 51.0 Å². The van der Waals surface area contributed by atoms with E-state index in [1.807, 2.05) is 17.0 Å². The fourth-order valence-electron chi connectivity index (χ4n) is 6.02. The minimum atomic E-state index is -0.139. The Morgan fingerprint density at radius 1 is 0.941 bits per heavy atom. The van der Waals surface area contributed by atoms with Crippen molar-refractivity contribution in [2.24, 2.45) is 0 Å². The van der Waals surface area contributed by atoms with Crippen molar-refractivity contribution in [2.75, 3.05) is 36.4 Å². The maximum Gasteiger partial charge on any atom is 0.253 e. The van der Waals surface area contributed by atoms with Gasteiger partial charge in [0.15, 0.2) is 0 Å². The molecule has 5 heteroatoms. The van der Waals surface area contributed by atoms with Crippen molar-refractivity contribution in [3.63, 3.8) is 0 Å².